The summed E-state index contributed by atoms with van der Waals surface area (Å²) in [6.07, 6.45) is -0.266. The Balaban J connectivity index is 2.93. The van der Waals surface area contributed by atoms with Crippen LogP contribution in [0.4, 0.5) is 0 Å². The fourth-order valence-electron chi connectivity index (χ4n) is 0.315. The highest BCUT2D eigenvalue weighted by molar-refractivity contribution is 4.46. The van der Waals surface area contributed by atoms with E-state index in [9.17, 15) is 0 Å². The minimum Gasteiger partial charge on any atom is -0.392 e. The van der Waals surface area contributed by atoms with Crippen LogP contribution < -0.4 is 5.43 Å². The molecule has 3 nitrogen and oxygen atoms in total. The first kappa shape index (κ1) is 7.88. The van der Waals surface area contributed by atoms with Gasteiger partial charge in [0.05, 0.1) is 6.10 Å². The third-order valence-corrected chi connectivity index (χ3v) is 0.703. The molecule has 0 saturated carbocycles. The molecule has 0 aliphatic heterocycles. The number of nitrogens with one attached hydrogen (secondary N) is 1. The van der Waals surface area contributed by atoms with Gasteiger partial charge in [-0.3, -0.25) is 10.4 Å². The Kier molecular flexibility index (Phi) is 3.77. The molecule has 0 aromatic heterocycles. The van der Waals surface area contributed by atoms with Gasteiger partial charge < -0.3 is 5.11 Å². The van der Waals surface area contributed by atoms with Crippen molar-refractivity contribution in [2.24, 2.45) is 0 Å². The zero-order chi connectivity index (χ0) is 6.57. The van der Waals surface area contributed by atoms with Crippen molar-refractivity contribution in [1.82, 2.24) is 10.4 Å². The highest BCUT2D eigenvalue weighted by Crippen LogP contribution is 1.73. The number of rotatable bonds is 3. The second-order valence-electron chi connectivity index (χ2n) is 2.11. The maximum absolute atomic E-state index is 8.71. The second kappa shape index (κ2) is 3.83. The number of hydrogen-bond acceptors (Lipinski definition) is 3. The molecule has 1 atom stereocenters. The van der Waals surface area contributed by atoms with E-state index in [1.54, 1.807) is 6.92 Å². The van der Waals surface area contributed by atoms with Crippen LogP contribution in [0.3, 0.4) is 0 Å². The van der Waals surface area contributed by atoms with Gasteiger partial charge in [0.15, 0.2) is 0 Å². The van der Waals surface area contributed by atoms with E-state index in [1.165, 1.54) is 0 Å². The van der Waals surface area contributed by atoms with E-state index in [0.717, 1.165) is 0 Å². The smallest absolute Gasteiger partial charge is 0.0650 e. The number of nitrogens with zero attached hydrogens (tertiary/aromatic N) is 1. The topological polar surface area (TPSA) is 35.5 Å². The fraction of sp³-hybridized carbons (Fsp3) is 1.00. The normalized spacial score (nSPS) is 14.6. The van der Waals surface area contributed by atoms with Crippen LogP contribution in [0.5, 0.6) is 0 Å². The molecule has 2 N–H and O–H groups in total. The first-order valence-corrected chi connectivity index (χ1v) is 2.72. The van der Waals surface area contributed by atoms with Crippen molar-refractivity contribution in [2.45, 2.75) is 13.0 Å². The van der Waals surface area contributed by atoms with Gasteiger partial charge in [-0.1, -0.05) is 0 Å². The molecule has 0 heterocycles. The highest BCUT2D eigenvalue weighted by Gasteiger charge is 1.92. The third-order valence-electron chi connectivity index (χ3n) is 0.703. The summed E-state index contributed by atoms with van der Waals surface area (Å²) in [5, 5.41) is 10.5. The van der Waals surface area contributed by atoms with Gasteiger partial charge in [0.1, 0.15) is 0 Å². The van der Waals surface area contributed by atoms with Crippen LogP contribution in [0.2, 0.25) is 0 Å². The second-order valence-corrected chi connectivity index (χ2v) is 2.11. The van der Waals surface area contributed by atoms with Gasteiger partial charge in [0.25, 0.3) is 0 Å². The summed E-state index contributed by atoms with van der Waals surface area (Å²) in [4.78, 5) is 0. The minimum atomic E-state index is -0.266. The van der Waals surface area contributed by atoms with Crippen LogP contribution in [-0.2, 0) is 0 Å². The molecule has 0 aliphatic carbocycles. The van der Waals surface area contributed by atoms with Gasteiger partial charge in [-0.2, -0.15) is 0 Å². The van der Waals surface area contributed by atoms with Gasteiger partial charge in [-0.25, -0.2) is 0 Å². The fourth-order valence-corrected chi connectivity index (χ4v) is 0.315. The van der Waals surface area contributed by atoms with Crippen molar-refractivity contribution in [2.75, 3.05) is 20.6 Å². The minimum absolute atomic E-state index is 0.266. The van der Waals surface area contributed by atoms with E-state index >= 15 is 0 Å². The average molecular weight is 118 g/mol. The Morgan fingerprint density at radius 2 is 2.12 bits per heavy atom. The lowest BCUT2D eigenvalue weighted by atomic mass is 10.4. The van der Waals surface area contributed by atoms with Crippen LogP contribution in [0.15, 0.2) is 0 Å². The standard InChI is InChI=1S/C5H14N2O/c1-5(8)4-6-7(2)3/h5-6,8H,4H2,1-3H3/t5-/m1/s1. The maximum atomic E-state index is 8.71. The van der Waals surface area contributed by atoms with E-state index < -0.39 is 0 Å². The summed E-state index contributed by atoms with van der Waals surface area (Å²) < 4.78 is 0. The van der Waals surface area contributed by atoms with Gasteiger partial charge in [-0.05, 0) is 6.92 Å². The third kappa shape index (κ3) is 5.88. The predicted octanol–water partition coefficient (Wildman–Crippen LogP) is -0.567. The number of hydrogen-bond donors (Lipinski definition) is 2. The van der Waals surface area contributed by atoms with Crippen LogP contribution in [0.1, 0.15) is 6.92 Å². The summed E-state index contributed by atoms with van der Waals surface area (Å²) in [6.45, 7) is 2.36. The zero-order valence-electron chi connectivity index (χ0n) is 5.68. The zero-order valence-corrected chi connectivity index (χ0v) is 5.68. The summed E-state index contributed by atoms with van der Waals surface area (Å²) >= 11 is 0. The van der Waals surface area contributed by atoms with Gasteiger partial charge >= 0.3 is 0 Å². The summed E-state index contributed by atoms with van der Waals surface area (Å²) in [5.41, 5.74) is 2.93. The van der Waals surface area contributed by atoms with E-state index in [4.69, 9.17) is 5.11 Å². The molecule has 8 heavy (non-hydrogen) atoms. The molecule has 0 aromatic rings. The molecule has 50 valence electrons. The quantitative estimate of drug-likeness (QED) is 0.487. The molecule has 0 bridgehead atoms. The molecule has 0 amide bonds. The lowest BCUT2D eigenvalue weighted by Gasteiger charge is -2.12. The number of aliphatic hydroxyl groups excluding tert-OH is 1. The molecule has 3 heteroatoms. The maximum Gasteiger partial charge on any atom is 0.0650 e. The van der Waals surface area contributed by atoms with Gasteiger partial charge in [0, 0.05) is 20.6 Å². The molecule has 0 unspecified atom stereocenters. The molecular formula is C5H14N2O. The Labute approximate surface area is 50.3 Å². The van der Waals surface area contributed by atoms with Gasteiger partial charge in [0.2, 0.25) is 0 Å². The molecule has 0 aliphatic rings. The highest BCUT2D eigenvalue weighted by atomic mass is 16.3. The Morgan fingerprint density at radius 1 is 1.62 bits per heavy atom. The van der Waals surface area contributed by atoms with E-state index in [-0.39, 0.29) is 6.10 Å². The van der Waals surface area contributed by atoms with Crippen molar-refractivity contribution in [1.29, 1.82) is 0 Å². The summed E-state index contributed by atoms with van der Waals surface area (Å²) in [5.74, 6) is 0. The first-order chi connectivity index (χ1) is 3.63. The number of aliphatic hydroxyl groups is 1. The Hall–Kier alpha value is -0.120. The molecule has 0 fully saturated rings. The van der Waals surface area contributed by atoms with E-state index in [1.807, 2.05) is 19.1 Å². The Bertz CT molecular complexity index is 46.4. The monoisotopic (exact) mass is 118 g/mol. The van der Waals surface area contributed by atoms with Crippen LogP contribution in [-0.4, -0.2) is 36.9 Å². The molecule has 0 saturated heterocycles. The lowest BCUT2D eigenvalue weighted by Crippen LogP contribution is -2.35. The Morgan fingerprint density at radius 3 is 2.25 bits per heavy atom. The lowest BCUT2D eigenvalue weighted by molar-refractivity contribution is 0.155. The van der Waals surface area contributed by atoms with Crippen LogP contribution in [0, 0.1) is 0 Å². The summed E-state index contributed by atoms with van der Waals surface area (Å²) in [6, 6.07) is 0. The average Bonchev–Trinajstić information content (AvgIpc) is 1.61. The van der Waals surface area contributed by atoms with E-state index in [0.29, 0.717) is 6.54 Å². The number of hydrazine groups is 1. The van der Waals surface area contributed by atoms with Crippen molar-refractivity contribution in [3.63, 3.8) is 0 Å². The SMILES string of the molecule is C[C@@H](O)CNN(C)C. The molecule has 0 radical (unpaired) electrons. The van der Waals surface area contributed by atoms with Crippen molar-refractivity contribution in [3.05, 3.63) is 0 Å². The molecule has 0 spiro atoms. The van der Waals surface area contributed by atoms with Crippen molar-refractivity contribution < 1.29 is 5.11 Å². The largest absolute Gasteiger partial charge is 0.392 e. The molecular weight excluding hydrogens is 104 g/mol. The van der Waals surface area contributed by atoms with Crippen molar-refractivity contribution in [3.8, 4) is 0 Å². The van der Waals surface area contributed by atoms with Gasteiger partial charge in [-0.15, -0.1) is 0 Å². The van der Waals surface area contributed by atoms with Crippen LogP contribution in [0.25, 0.3) is 0 Å². The predicted molar refractivity (Wildman–Crippen MR) is 33.4 cm³/mol. The van der Waals surface area contributed by atoms with Crippen LogP contribution >= 0.6 is 0 Å². The van der Waals surface area contributed by atoms with Crippen molar-refractivity contribution >= 4 is 0 Å². The summed E-state index contributed by atoms with van der Waals surface area (Å²) in [7, 11) is 3.78. The molecule has 0 aromatic carbocycles. The molecule has 0 rings (SSSR count). The van der Waals surface area contributed by atoms with E-state index in [2.05, 4.69) is 5.43 Å². The first-order valence-electron chi connectivity index (χ1n) is 2.72.